The minimum atomic E-state index is 0.356. The van der Waals surface area contributed by atoms with Gasteiger partial charge in [-0.05, 0) is 30.7 Å². The summed E-state index contributed by atoms with van der Waals surface area (Å²) in [6.07, 6.45) is 7.58. The van der Waals surface area contributed by atoms with Crippen LogP contribution in [0.2, 0.25) is 0 Å². The molecule has 0 aromatic carbocycles. The van der Waals surface area contributed by atoms with Crippen molar-refractivity contribution in [1.82, 2.24) is 9.78 Å². The Kier molecular flexibility index (Phi) is 1.89. The molecule has 0 spiro atoms. The van der Waals surface area contributed by atoms with Crippen molar-refractivity contribution in [1.29, 1.82) is 0 Å². The molecule has 0 aliphatic heterocycles. The quantitative estimate of drug-likeness (QED) is 0.716. The summed E-state index contributed by atoms with van der Waals surface area (Å²) >= 11 is 0. The van der Waals surface area contributed by atoms with Crippen LogP contribution in [0.3, 0.4) is 0 Å². The summed E-state index contributed by atoms with van der Waals surface area (Å²) in [5.41, 5.74) is 7.24. The van der Waals surface area contributed by atoms with Crippen LogP contribution in [0.15, 0.2) is 12.4 Å². The lowest BCUT2D eigenvalue weighted by Gasteiger charge is -2.06. The van der Waals surface area contributed by atoms with E-state index in [9.17, 15) is 0 Å². The van der Waals surface area contributed by atoms with Crippen LogP contribution in [0.5, 0.6) is 0 Å². The second-order valence-electron chi connectivity index (χ2n) is 3.73. The normalized spacial score (nSPS) is 19.5. The average Bonchev–Trinajstić information content (AvgIpc) is 2.78. The molecule has 1 atom stereocenters. The second-order valence-corrected chi connectivity index (χ2v) is 3.73. The minimum absolute atomic E-state index is 0.356. The Labute approximate surface area is 72.6 Å². The Morgan fingerprint density at radius 3 is 3.00 bits per heavy atom. The van der Waals surface area contributed by atoms with Crippen LogP contribution < -0.4 is 5.73 Å². The molecule has 1 saturated carbocycles. The van der Waals surface area contributed by atoms with E-state index in [0.717, 1.165) is 12.3 Å². The molecule has 0 bridgehead atoms. The van der Waals surface area contributed by atoms with Gasteiger partial charge in [-0.3, -0.25) is 4.68 Å². The molecule has 1 aromatic heterocycles. The zero-order valence-electron chi connectivity index (χ0n) is 7.40. The Hall–Kier alpha value is -0.830. The molecule has 1 unspecified atom stereocenters. The molecule has 2 N–H and O–H groups in total. The maximum atomic E-state index is 5.98. The highest BCUT2D eigenvalue weighted by molar-refractivity contribution is 5.07. The molecule has 66 valence electrons. The van der Waals surface area contributed by atoms with Gasteiger partial charge in [0.1, 0.15) is 0 Å². The van der Waals surface area contributed by atoms with Gasteiger partial charge in [-0.2, -0.15) is 5.10 Å². The highest BCUT2D eigenvalue weighted by atomic mass is 15.2. The Morgan fingerprint density at radius 2 is 2.50 bits per heavy atom. The van der Waals surface area contributed by atoms with Gasteiger partial charge in [-0.15, -0.1) is 0 Å². The maximum Gasteiger partial charge on any atom is 0.0522 e. The number of hydrogen-bond donors (Lipinski definition) is 1. The number of aryl methyl sites for hydroxylation is 1. The van der Waals surface area contributed by atoms with Crippen molar-refractivity contribution in [2.24, 2.45) is 18.7 Å². The van der Waals surface area contributed by atoms with Gasteiger partial charge in [-0.1, -0.05) is 0 Å². The fraction of sp³-hybridized carbons (Fsp3) is 0.667. The lowest BCUT2D eigenvalue weighted by molar-refractivity contribution is 0.591. The van der Waals surface area contributed by atoms with E-state index in [4.69, 9.17) is 5.73 Å². The van der Waals surface area contributed by atoms with Crippen LogP contribution in [0.4, 0.5) is 0 Å². The molecule has 1 fully saturated rings. The summed E-state index contributed by atoms with van der Waals surface area (Å²) < 4.78 is 1.83. The molecular formula is C9H15N3. The topological polar surface area (TPSA) is 43.8 Å². The van der Waals surface area contributed by atoms with Crippen molar-refractivity contribution in [2.45, 2.75) is 25.3 Å². The van der Waals surface area contributed by atoms with Crippen molar-refractivity contribution in [3.63, 3.8) is 0 Å². The molecule has 3 nitrogen and oxygen atoms in total. The number of nitrogens with two attached hydrogens (primary N) is 1. The fourth-order valence-electron chi connectivity index (χ4n) is 1.54. The summed E-state index contributed by atoms with van der Waals surface area (Å²) in [4.78, 5) is 0. The third-order valence-electron chi connectivity index (χ3n) is 2.46. The minimum Gasteiger partial charge on any atom is -0.327 e. The SMILES string of the molecule is Cn1cc(CC(N)C2CC2)cn1. The van der Waals surface area contributed by atoms with Crippen molar-refractivity contribution in [2.75, 3.05) is 0 Å². The average molecular weight is 165 g/mol. The standard InChI is InChI=1S/C9H15N3/c1-12-6-7(5-11-12)4-9(10)8-2-3-8/h5-6,8-9H,2-4,10H2,1H3. The highest BCUT2D eigenvalue weighted by Crippen LogP contribution is 2.32. The number of rotatable bonds is 3. The Bertz CT molecular complexity index is 262. The summed E-state index contributed by atoms with van der Waals surface area (Å²) in [5.74, 6) is 0.783. The summed E-state index contributed by atoms with van der Waals surface area (Å²) in [6, 6.07) is 0.356. The van der Waals surface area contributed by atoms with E-state index in [1.807, 2.05) is 24.1 Å². The van der Waals surface area contributed by atoms with E-state index in [-0.39, 0.29) is 0 Å². The van der Waals surface area contributed by atoms with Crippen molar-refractivity contribution in [3.05, 3.63) is 18.0 Å². The zero-order valence-corrected chi connectivity index (χ0v) is 7.40. The van der Waals surface area contributed by atoms with Gasteiger partial charge in [0, 0.05) is 19.3 Å². The third kappa shape index (κ3) is 1.67. The van der Waals surface area contributed by atoms with Crippen LogP contribution in [0, 0.1) is 5.92 Å². The molecule has 2 rings (SSSR count). The smallest absolute Gasteiger partial charge is 0.0522 e. The summed E-state index contributed by atoms with van der Waals surface area (Å²) in [5, 5.41) is 4.11. The molecule has 1 aromatic rings. The van der Waals surface area contributed by atoms with Crippen molar-refractivity contribution in [3.8, 4) is 0 Å². The van der Waals surface area contributed by atoms with E-state index in [0.29, 0.717) is 6.04 Å². The predicted molar refractivity (Wildman–Crippen MR) is 47.6 cm³/mol. The molecule has 0 radical (unpaired) electrons. The molecule has 3 heteroatoms. The van der Waals surface area contributed by atoms with Crippen LogP contribution >= 0.6 is 0 Å². The van der Waals surface area contributed by atoms with Gasteiger partial charge in [0.15, 0.2) is 0 Å². The number of nitrogens with zero attached hydrogens (tertiary/aromatic N) is 2. The highest BCUT2D eigenvalue weighted by Gasteiger charge is 2.28. The molecular weight excluding hydrogens is 150 g/mol. The molecule has 1 heterocycles. The third-order valence-corrected chi connectivity index (χ3v) is 2.46. The van der Waals surface area contributed by atoms with Crippen molar-refractivity contribution < 1.29 is 0 Å². The monoisotopic (exact) mass is 165 g/mol. The Balaban J connectivity index is 1.93. The van der Waals surface area contributed by atoms with E-state index in [1.165, 1.54) is 18.4 Å². The first-order chi connectivity index (χ1) is 5.75. The van der Waals surface area contributed by atoms with E-state index in [1.54, 1.807) is 0 Å². The zero-order chi connectivity index (χ0) is 8.55. The van der Waals surface area contributed by atoms with Gasteiger partial charge in [0.05, 0.1) is 6.20 Å². The van der Waals surface area contributed by atoms with Crippen LogP contribution in [-0.4, -0.2) is 15.8 Å². The van der Waals surface area contributed by atoms with E-state index in [2.05, 4.69) is 5.10 Å². The predicted octanol–water partition coefficient (Wildman–Crippen LogP) is 0.700. The first-order valence-corrected chi connectivity index (χ1v) is 4.49. The molecule has 12 heavy (non-hydrogen) atoms. The fourth-order valence-corrected chi connectivity index (χ4v) is 1.54. The largest absolute Gasteiger partial charge is 0.327 e. The van der Waals surface area contributed by atoms with E-state index < -0.39 is 0 Å². The number of hydrogen-bond acceptors (Lipinski definition) is 2. The lowest BCUT2D eigenvalue weighted by atomic mass is 10.1. The number of aromatic nitrogens is 2. The molecule has 0 amide bonds. The maximum absolute atomic E-state index is 5.98. The van der Waals surface area contributed by atoms with Crippen molar-refractivity contribution >= 4 is 0 Å². The summed E-state index contributed by atoms with van der Waals surface area (Å²) in [6.45, 7) is 0. The van der Waals surface area contributed by atoms with Gasteiger partial charge in [-0.25, -0.2) is 0 Å². The van der Waals surface area contributed by atoms with Crippen LogP contribution in [0.25, 0.3) is 0 Å². The van der Waals surface area contributed by atoms with E-state index >= 15 is 0 Å². The Morgan fingerprint density at radius 1 is 1.75 bits per heavy atom. The van der Waals surface area contributed by atoms with Gasteiger partial charge in [0.25, 0.3) is 0 Å². The van der Waals surface area contributed by atoms with Gasteiger partial charge < -0.3 is 5.73 Å². The van der Waals surface area contributed by atoms with Crippen LogP contribution in [-0.2, 0) is 13.5 Å². The first-order valence-electron chi connectivity index (χ1n) is 4.49. The molecule has 0 saturated heterocycles. The second kappa shape index (κ2) is 2.90. The molecule has 1 aliphatic rings. The molecule has 1 aliphatic carbocycles. The lowest BCUT2D eigenvalue weighted by Crippen LogP contribution is -2.24. The first kappa shape index (κ1) is 7.80. The van der Waals surface area contributed by atoms with Gasteiger partial charge in [0.2, 0.25) is 0 Å². The van der Waals surface area contributed by atoms with Gasteiger partial charge >= 0.3 is 0 Å². The summed E-state index contributed by atoms with van der Waals surface area (Å²) in [7, 11) is 1.94. The van der Waals surface area contributed by atoms with Crippen LogP contribution in [0.1, 0.15) is 18.4 Å².